The summed E-state index contributed by atoms with van der Waals surface area (Å²) in [7, 11) is 0. The van der Waals surface area contributed by atoms with Crippen LogP contribution in [0.25, 0.3) is 0 Å². The van der Waals surface area contributed by atoms with Gasteiger partial charge in [-0.3, -0.25) is 0 Å². The molecule has 10 heavy (non-hydrogen) atoms. The molecule has 0 aliphatic heterocycles. The van der Waals surface area contributed by atoms with Gasteiger partial charge < -0.3 is 0 Å². The highest BCUT2D eigenvalue weighted by molar-refractivity contribution is 4.73. The van der Waals surface area contributed by atoms with Crippen LogP contribution in [0.1, 0.15) is 32.6 Å². The van der Waals surface area contributed by atoms with E-state index in [1.807, 2.05) is 6.92 Å². The van der Waals surface area contributed by atoms with Crippen LogP contribution in [0.5, 0.6) is 0 Å². The fourth-order valence-electron chi connectivity index (χ4n) is 1.50. The Balaban J connectivity index is 2.41. The third-order valence-corrected chi connectivity index (χ3v) is 2.27. The van der Waals surface area contributed by atoms with Crippen molar-refractivity contribution in [3.8, 4) is 0 Å². The molecular formula is C8H14FO. The zero-order valence-corrected chi connectivity index (χ0v) is 6.35. The first kappa shape index (κ1) is 7.99. The molecule has 0 spiro atoms. The van der Waals surface area contributed by atoms with E-state index in [4.69, 9.17) is 0 Å². The lowest BCUT2D eigenvalue weighted by atomic mass is 10.00. The molecule has 1 saturated carbocycles. The van der Waals surface area contributed by atoms with E-state index >= 15 is 0 Å². The van der Waals surface area contributed by atoms with Crippen LogP contribution >= 0.6 is 0 Å². The van der Waals surface area contributed by atoms with Gasteiger partial charge >= 0.3 is 0 Å². The zero-order valence-electron chi connectivity index (χ0n) is 6.35. The van der Waals surface area contributed by atoms with Gasteiger partial charge in [0.2, 0.25) is 0 Å². The molecule has 3 unspecified atom stereocenters. The monoisotopic (exact) mass is 145 g/mol. The zero-order chi connectivity index (χ0) is 7.56. The minimum Gasteiger partial charge on any atom is -0.247 e. The summed E-state index contributed by atoms with van der Waals surface area (Å²) in [6, 6.07) is 0. The summed E-state index contributed by atoms with van der Waals surface area (Å²) in [5, 5.41) is 11.1. The van der Waals surface area contributed by atoms with Crippen molar-refractivity contribution in [2.24, 2.45) is 5.92 Å². The molecule has 1 radical (unpaired) electrons. The summed E-state index contributed by atoms with van der Waals surface area (Å²) in [6.07, 6.45) is 1.30. The molecule has 1 nitrogen and oxygen atoms in total. The second kappa shape index (κ2) is 3.33. The van der Waals surface area contributed by atoms with Crippen LogP contribution in [-0.4, -0.2) is 12.3 Å². The van der Waals surface area contributed by atoms with Crippen molar-refractivity contribution < 1.29 is 9.50 Å². The van der Waals surface area contributed by atoms with Gasteiger partial charge in [0.25, 0.3) is 0 Å². The summed E-state index contributed by atoms with van der Waals surface area (Å²) in [4.78, 5) is 0. The van der Waals surface area contributed by atoms with Crippen molar-refractivity contribution in [3.05, 3.63) is 0 Å². The molecule has 59 valence electrons. The number of alkyl halides is 1. The Kier molecular flexibility index (Phi) is 2.66. The molecule has 0 aromatic rings. The van der Waals surface area contributed by atoms with Crippen molar-refractivity contribution >= 4 is 0 Å². The minimum atomic E-state index is -0.714. The highest BCUT2D eigenvalue weighted by Crippen LogP contribution is 2.25. The maximum Gasteiger partial charge on any atom is 0.100 e. The molecule has 0 amide bonds. The van der Waals surface area contributed by atoms with Gasteiger partial charge in [-0.2, -0.15) is 0 Å². The smallest absolute Gasteiger partial charge is 0.100 e. The van der Waals surface area contributed by atoms with Crippen LogP contribution in [0.15, 0.2) is 0 Å². The normalized spacial score (nSPS) is 42.9. The van der Waals surface area contributed by atoms with Gasteiger partial charge in [-0.1, -0.05) is 6.92 Å². The molecule has 0 aromatic heterocycles. The molecule has 0 aromatic carbocycles. The largest absolute Gasteiger partial charge is 0.247 e. The Hall–Kier alpha value is -0.110. The van der Waals surface area contributed by atoms with Gasteiger partial charge in [0.15, 0.2) is 0 Å². The Morgan fingerprint density at radius 2 is 2.10 bits per heavy atom. The van der Waals surface area contributed by atoms with Gasteiger partial charge in [-0.15, -0.1) is 0 Å². The molecule has 1 fully saturated rings. The molecule has 3 atom stereocenters. The highest BCUT2D eigenvalue weighted by Gasteiger charge is 2.23. The first-order valence-corrected chi connectivity index (χ1v) is 4.00. The molecule has 1 aliphatic rings. The fraction of sp³-hybridized carbons (Fsp3) is 1.00. The van der Waals surface area contributed by atoms with E-state index in [0.717, 1.165) is 6.42 Å². The predicted molar refractivity (Wildman–Crippen MR) is 37.0 cm³/mol. The second-order valence-electron chi connectivity index (χ2n) is 3.28. The summed E-state index contributed by atoms with van der Waals surface area (Å²) in [5.74, 6) is 0.0394. The lowest BCUT2D eigenvalue weighted by Crippen LogP contribution is -2.15. The standard InChI is InChI=1S/C8H14FO/c1-6-5-7(9)3-2-4-8(6)10/h6-8H,2-5H2,1H3. The van der Waals surface area contributed by atoms with Crippen LogP contribution in [0.4, 0.5) is 4.39 Å². The van der Waals surface area contributed by atoms with Gasteiger partial charge in [-0.25, -0.2) is 9.50 Å². The van der Waals surface area contributed by atoms with E-state index in [9.17, 15) is 9.50 Å². The first-order chi connectivity index (χ1) is 4.70. The third kappa shape index (κ3) is 1.94. The Morgan fingerprint density at radius 3 is 2.80 bits per heavy atom. The van der Waals surface area contributed by atoms with E-state index in [2.05, 4.69) is 0 Å². The van der Waals surface area contributed by atoms with Gasteiger partial charge in [0.1, 0.15) is 6.17 Å². The van der Waals surface area contributed by atoms with Crippen LogP contribution in [0.2, 0.25) is 0 Å². The quantitative estimate of drug-likeness (QED) is 0.466. The molecule has 0 N–H and O–H groups in total. The second-order valence-corrected chi connectivity index (χ2v) is 3.28. The average Bonchev–Trinajstić information content (AvgIpc) is 1.96. The topological polar surface area (TPSA) is 19.9 Å². The molecule has 0 bridgehead atoms. The molecule has 1 rings (SSSR count). The summed E-state index contributed by atoms with van der Waals surface area (Å²) >= 11 is 0. The Bertz CT molecular complexity index is 105. The molecule has 2 heteroatoms. The SMILES string of the molecule is CC1CC(F)CCCC1[O]. The lowest BCUT2D eigenvalue weighted by molar-refractivity contribution is 0.0344. The summed E-state index contributed by atoms with van der Waals surface area (Å²) in [6.45, 7) is 1.86. The Labute approximate surface area is 61.2 Å². The molecule has 0 saturated heterocycles. The maximum atomic E-state index is 12.7. The number of rotatable bonds is 0. The highest BCUT2D eigenvalue weighted by atomic mass is 19.1. The van der Waals surface area contributed by atoms with E-state index in [1.54, 1.807) is 0 Å². The minimum absolute atomic E-state index is 0.0394. The molecule has 0 heterocycles. The maximum absolute atomic E-state index is 12.7. The third-order valence-electron chi connectivity index (χ3n) is 2.27. The van der Waals surface area contributed by atoms with E-state index in [-0.39, 0.29) is 5.92 Å². The Morgan fingerprint density at radius 1 is 1.40 bits per heavy atom. The van der Waals surface area contributed by atoms with Crippen molar-refractivity contribution in [1.29, 1.82) is 0 Å². The van der Waals surface area contributed by atoms with Gasteiger partial charge in [0, 0.05) is 0 Å². The van der Waals surface area contributed by atoms with Crippen LogP contribution in [-0.2, 0) is 5.11 Å². The molecular weight excluding hydrogens is 131 g/mol. The van der Waals surface area contributed by atoms with E-state index in [1.165, 1.54) is 0 Å². The van der Waals surface area contributed by atoms with Crippen molar-refractivity contribution in [2.75, 3.05) is 0 Å². The number of halogens is 1. The van der Waals surface area contributed by atoms with E-state index in [0.29, 0.717) is 19.3 Å². The van der Waals surface area contributed by atoms with Crippen molar-refractivity contribution in [1.82, 2.24) is 0 Å². The van der Waals surface area contributed by atoms with Gasteiger partial charge in [0.05, 0.1) is 6.10 Å². The van der Waals surface area contributed by atoms with Crippen LogP contribution in [0.3, 0.4) is 0 Å². The fourth-order valence-corrected chi connectivity index (χ4v) is 1.50. The van der Waals surface area contributed by atoms with Crippen molar-refractivity contribution in [2.45, 2.75) is 44.9 Å². The summed E-state index contributed by atoms with van der Waals surface area (Å²) in [5.41, 5.74) is 0. The van der Waals surface area contributed by atoms with E-state index < -0.39 is 12.3 Å². The lowest BCUT2D eigenvalue weighted by Gasteiger charge is -2.12. The summed E-state index contributed by atoms with van der Waals surface area (Å²) < 4.78 is 12.7. The first-order valence-electron chi connectivity index (χ1n) is 4.00. The average molecular weight is 145 g/mol. The number of hydrogen-bond acceptors (Lipinski definition) is 0. The molecule has 1 aliphatic carbocycles. The van der Waals surface area contributed by atoms with Gasteiger partial charge in [-0.05, 0) is 31.6 Å². The van der Waals surface area contributed by atoms with Crippen LogP contribution < -0.4 is 0 Å². The number of hydrogen-bond donors (Lipinski definition) is 0. The van der Waals surface area contributed by atoms with Crippen molar-refractivity contribution in [3.63, 3.8) is 0 Å². The van der Waals surface area contributed by atoms with Crippen LogP contribution in [0, 0.1) is 5.92 Å². The predicted octanol–water partition coefficient (Wildman–Crippen LogP) is 2.33.